The Balaban J connectivity index is 0.000000176. The second-order valence-corrected chi connectivity index (χ2v) is 27.7. The van der Waals surface area contributed by atoms with Gasteiger partial charge in [0.2, 0.25) is 5.91 Å². The number of fused-ring (bicyclic) bond motifs is 1. The van der Waals surface area contributed by atoms with E-state index in [0.29, 0.717) is 67.2 Å². The predicted octanol–water partition coefficient (Wildman–Crippen LogP) is 12.2. The number of para-hydroxylation sites is 1. The molecule has 484 valence electrons. The molecule has 2 unspecified atom stereocenters. The Hall–Kier alpha value is -6.23. The number of ether oxygens (including phenoxy) is 2. The Morgan fingerprint density at radius 3 is 1.74 bits per heavy atom. The lowest BCUT2D eigenvalue weighted by Gasteiger charge is -2.53. The van der Waals surface area contributed by atoms with E-state index in [1.165, 1.54) is 17.5 Å². The third-order valence-electron chi connectivity index (χ3n) is 20.0. The van der Waals surface area contributed by atoms with Crippen LogP contribution >= 0.6 is 0 Å². The van der Waals surface area contributed by atoms with E-state index in [0.717, 1.165) is 118 Å². The van der Waals surface area contributed by atoms with Crippen LogP contribution in [0.3, 0.4) is 0 Å². The van der Waals surface area contributed by atoms with E-state index in [1.54, 1.807) is 12.1 Å². The summed E-state index contributed by atoms with van der Waals surface area (Å²) in [4.78, 5) is 38.1. The van der Waals surface area contributed by atoms with E-state index >= 15 is 0 Å². The van der Waals surface area contributed by atoms with Crippen LogP contribution in [0.25, 0.3) is 0 Å². The van der Waals surface area contributed by atoms with E-state index in [1.807, 2.05) is 70.2 Å². The molecule has 16 nitrogen and oxygen atoms in total. The van der Waals surface area contributed by atoms with Crippen molar-refractivity contribution in [2.45, 2.75) is 165 Å². The fourth-order valence-electron chi connectivity index (χ4n) is 14.0. The molecule has 7 aliphatic heterocycles. The molecule has 2 N–H and O–H groups in total. The highest BCUT2D eigenvalue weighted by Gasteiger charge is 2.47. The molecule has 6 saturated heterocycles. The van der Waals surface area contributed by atoms with Crippen LogP contribution in [-0.2, 0) is 9.53 Å². The predicted molar refractivity (Wildman–Crippen MR) is 340 cm³/mol. The summed E-state index contributed by atoms with van der Waals surface area (Å²) in [6.07, 6.45) is 3.70. The number of rotatable bonds is 10. The first-order valence-corrected chi connectivity index (χ1v) is 32.6. The van der Waals surface area contributed by atoms with Crippen molar-refractivity contribution in [1.82, 2.24) is 29.9 Å². The number of hydrogen-bond donors (Lipinski definition) is 1. The van der Waals surface area contributed by atoms with Crippen molar-refractivity contribution in [2.24, 2.45) is 76.7 Å². The van der Waals surface area contributed by atoms with Gasteiger partial charge in [-0.05, 0) is 135 Å². The average Bonchev–Trinajstić information content (AvgIpc) is 3.14. The molecule has 0 bridgehead atoms. The number of nitrogens with zero attached hydrogens (tertiary/aromatic N) is 11. The SMILES string of the molecule is CC(C)C1COc2ccccc2C1C(N)=O.CC(C)[C@@H]1CCN(c2ccc(C#N)cn2)C[C@H]1F.CC(C)[C@H]1CN(C(=O)N2C[C@@H](F)C[C@H]2C#N)CC[C@H]1C.CC(C)[C@H]1CN(C2(CC#N)COC2)CC[C@H]1C.Cc1ccc(N2CC[C@@H](C(C)C)[C@@H](F)C2)nn1. The molecule has 1 aromatic carbocycles. The van der Waals surface area contributed by atoms with Crippen molar-refractivity contribution in [2.75, 3.05) is 88.5 Å². The summed E-state index contributed by atoms with van der Waals surface area (Å²) >= 11 is 0. The number of benzene rings is 1. The maximum absolute atomic E-state index is 14.1. The topological polar surface area (TPSA) is 205 Å². The molecule has 2 aromatic heterocycles. The first-order valence-electron chi connectivity index (χ1n) is 32.6. The summed E-state index contributed by atoms with van der Waals surface area (Å²) in [6, 6.07) is 20.7. The minimum Gasteiger partial charge on any atom is -0.493 e. The lowest BCUT2D eigenvalue weighted by Crippen LogP contribution is -2.65. The van der Waals surface area contributed by atoms with Crippen molar-refractivity contribution >= 4 is 23.6 Å². The summed E-state index contributed by atoms with van der Waals surface area (Å²) in [6.45, 7) is 36.5. The molecular formula is C69H103F3N12O4. The van der Waals surface area contributed by atoms with Gasteiger partial charge in [0.15, 0.2) is 5.82 Å². The van der Waals surface area contributed by atoms with Crippen LogP contribution in [0.1, 0.15) is 144 Å². The molecule has 7 aliphatic rings. The number of carbonyl (C=O) groups is 2. The first kappa shape index (κ1) is 70.9. The Morgan fingerprint density at radius 2 is 1.25 bits per heavy atom. The number of anilines is 2. The number of aromatic nitrogens is 3. The molecule has 10 rings (SSSR count). The van der Waals surface area contributed by atoms with Crippen LogP contribution in [0.4, 0.5) is 29.6 Å². The number of urea groups is 1. The number of hydrogen-bond acceptors (Lipinski definition) is 13. The van der Waals surface area contributed by atoms with Crippen molar-refractivity contribution in [3.63, 3.8) is 0 Å². The number of nitriles is 3. The summed E-state index contributed by atoms with van der Waals surface area (Å²) in [5.41, 5.74) is 7.92. The molecular weight excluding hydrogens is 1120 g/mol. The van der Waals surface area contributed by atoms with E-state index < -0.39 is 24.6 Å². The lowest BCUT2D eigenvalue weighted by molar-refractivity contribution is -0.154. The van der Waals surface area contributed by atoms with Crippen LogP contribution in [0.5, 0.6) is 5.75 Å². The largest absolute Gasteiger partial charge is 0.493 e. The minimum atomic E-state index is -1.06. The van der Waals surface area contributed by atoms with Crippen LogP contribution in [-0.4, -0.2) is 151 Å². The minimum absolute atomic E-state index is 0.0437. The molecule has 3 amide bonds. The van der Waals surface area contributed by atoms with Gasteiger partial charge in [0.05, 0.1) is 80.7 Å². The highest BCUT2D eigenvalue weighted by Crippen LogP contribution is 2.41. The van der Waals surface area contributed by atoms with Gasteiger partial charge in [-0.15, -0.1) is 5.10 Å². The maximum Gasteiger partial charge on any atom is 0.321 e. The highest BCUT2D eigenvalue weighted by molar-refractivity contribution is 5.83. The third kappa shape index (κ3) is 18.5. The van der Waals surface area contributed by atoms with Crippen molar-refractivity contribution in [3.05, 3.63) is 71.5 Å². The van der Waals surface area contributed by atoms with Crippen LogP contribution < -0.4 is 20.3 Å². The lowest BCUT2D eigenvalue weighted by atomic mass is 9.77. The Morgan fingerprint density at radius 1 is 0.682 bits per heavy atom. The number of halogens is 3. The summed E-state index contributed by atoms with van der Waals surface area (Å²) < 4.78 is 52.6. The van der Waals surface area contributed by atoms with Gasteiger partial charge in [-0.3, -0.25) is 9.69 Å². The number of primary amides is 1. The van der Waals surface area contributed by atoms with Crippen molar-refractivity contribution < 1.29 is 32.2 Å². The van der Waals surface area contributed by atoms with Gasteiger partial charge >= 0.3 is 6.03 Å². The quantitative estimate of drug-likeness (QED) is 0.201. The number of nitrogens with two attached hydrogens (primary N) is 1. The number of pyridine rings is 1. The van der Waals surface area contributed by atoms with Crippen LogP contribution in [0.15, 0.2) is 54.7 Å². The van der Waals surface area contributed by atoms with Crippen LogP contribution in [0, 0.1) is 112 Å². The van der Waals surface area contributed by atoms with E-state index in [9.17, 15) is 22.8 Å². The van der Waals surface area contributed by atoms with Crippen molar-refractivity contribution in [3.8, 4) is 24.0 Å². The Labute approximate surface area is 524 Å². The maximum atomic E-state index is 14.1. The second kappa shape index (κ2) is 33.0. The fourth-order valence-corrected chi connectivity index (χ4v) is 14.0. The molecule has 6 fully saturated rings. The molecule has 0 aliphatic carbocycles. The molecule has 0 spiro atoms. The fraction of sp³-hybridized carbons (Fsp3) is 0.710. The van der Waals surface area contributed by atoms with Gasteiger partial charge in [0.25, 0.3) is 0 Å². The van der Waals surface area contributed by atoms with Gasteiger partial charge in [-0.2, -0.15) is 20.9 Å². The molecule has 9 heterocycles. The van der Waals surface area contributed by atoms with Gasteiger partial charge < -0.3 is 34.8 Å². The van der Waals surface area contributed by atoms with Crippen LogP contribution in [0.2, 0.25) is 0 Å². The van der Waals surface area contributed by atoms with E-state index in [-0.39, 0.29) is 54.1 Å². The van der Waals surface area contributed by atoms with E-state index in [4.69, 9.17) is 31.0 Å². The standard InChI is InChI=1S/C15H24FN3O.C14H18FN3.C14H24N2O.C13H20FN3.C13H17NO2/c1-10(2)14-9-18(5-4-11(14)3)15(20)19-8-12(16)6-13(19)7-17;1-10(2)12-5-6-18(9-13(12)15)14-4-3-11(7-16)8-17-14;1-11(2)13-8-16(7-4-12(13)3)14(5-6-15)9-17-10-14;1-9(2)11-6-7-17(8-12(11)14)13-5-4-10(3)15-16-13;1-8(2)10-7-16-11-6-4-3-5-9(11)12(10)13(14)15/h10-14H,4-6,8-9H2,1-3H3;3-4,8,10,12-13H,5-6,9H2,1-2H3;11-13H,4-5,7-10H2,1-3H3;4-5,9,11-12H,6-8H2,1-3H3;3-6,8,10,12H,7H2,1-2H3,(H2,14,15)/t11-,12+,13+,14-;12-,13+;12-,13-;11-,12-;/m1010./s1. The summed E-state index contributed by atoms with van der Waals surface area (Å²) in [5, 5.41) is 34.9. The van der Waals surface area contributed by atoms with Crippen molar-refractivity contribution in [1.29, 1.82) is 15.8 Å². The summed E-state index contributed by atoms with van der Waals surface area (Å²) in [7, 11) is 0. The van der Waals surface area contributed by atoms with Gasteiger partial charge in [-0.1, -0.05) is 101 Å². The molecule has 3 aromatic rings. The Kier molecular flexibility index (Phi) is 26.6. The monoisotopic (exact) mass is 1220 g/mol. The number of carbonyl (C=O) groups excluding carboxylic acids is 2. The van der Waals surface area contributed by atoms with Gasteiger partial charge in [0.1, 0.15) is 42.2 Å². The molecule has 19 heteroatoms. The molecule has 0 radical (unpaired) electrons. The number of alkyl halides is 3. The average molecular weight is 1220 g/mol. The van der Waals surface area contributed by atoms with Gasteiger partial charge in [0, 0.05) is 56.8 Å². The molecule has 12 atom stereocenters. The molecule has 88 heavy (non-hydrogen) atoms. The smallest absolute Gasteiger partial charge is 0.321 e. The summed E-state index contributed by atoms with van der Waals surface area (Å²) in [5.74, 6) is 7.49. The second-order valence-electron chi connectivity index (χ2n) is 27.7. The molecule has 0 saturated carbocycles. The zero-order valence-electron chi connectivity index (χ0n) is 55.0. The third-order valence-corrected chi connectivity index (χ3v) is 20.0. The first-order chi connectivity index (χ1) is 41.8. The highest BCUT2D eigenvalue weighted by atomic mass is 19.1. The Bertz CT molecular complexity index is 2780. The zero-order chi connectivity index (χ0) is 64.6. The van der Waals surface area contributed by atoms with Gasteiger partial charge in [-0.25, -0.2) is 22.9 Å². The number of amides is 3. The number of piperidine rings is 4. The number of likely N-dealkylation sites (tertiary alicyclic amines) is 3. The van der Waals surface area contributed by atoms with E-state index in [2.05, 4.69) is 109 Å². The zero-order valence-corrected chi connectivity index (χ0v) is 55.0. The normalized spacial score (nSPS) is 28.3. The number of aryl methyl sites for hydroxylation is 1.